The second-order valence-corrected chi connectivity index (χ2v) is 5.56. The molecule has 98 valence electrons. The summed E-state index contributed by atoms with van der Waals surface area (Å²) < 4.78 is 0. The minimum atomic E-state index is -0.398. The first kappa shape index (κ1) is 14.3. The third kappa shape index (κ3) is 3.62. The molecule has 3 nitrogen and oxygen atoms in total. The summed E-state index contributed by atoms with van der Waals surface area (Å²) in [5.74, 6) is -0.0910. The Labute approximate surface area is 108 Å². The maximum Gasteiger partial charge on any atom is 0.244 e. The summed E-state index contributed by atoms with van der Waals surface area (Å²) in [5, 5.41) is 9.85. The molecule has 1 aromatic rings. The third-order valence-electron chi connectivity index (χ3n) is 2.90. The van der Waals surface area contributed by atoms with Gasteiger partial charge in [0, 0.05) is 5.57 Å². The van der Waals surface area contributed by atoms with Gasteiger partial charge in [-0.05, 0) is 36.0 Å². The summed E-state index contributed by atoms with van der Waals surface area (Å²) in [7, 11) is 0. The Hall–Kier alpha value is -1.77. The normalized spacial score (nSPS) is 12.6. The van der Waals surface area contributed by atoms with Crippen molar-refractivity contribution in [3.63, 3.8) is 0 Å². The molecule has 0 aliphatic heterocycles. The van der Waals surface area contributed by atoms with Gasteiger partial charge in [-0.25, -0.2) is 0 Å². The van der Waals surface area contributed by atoms with E-state index in [0.29, 0.717) is 17.7 Å². The van der Waals surface area contributed by atoms with Crippen molar-refractivity contribution in [1.82, 2.24) is 0 Å². The van der Waals surface area contributed by atoms with Crippen molar-refractivity contribution in [2.75, 3.05) is 0 Å². The lowest BCUT2D eigenvalue weighted by atomic mass is 9.85. The SMILES string of the molecule is C/C(=C\Cc1ccc(O)c(C(C)(C)C)c1)C(N)=O. The number of rotatable bonds is 3. The highest BCUT2D eigenvalue weighted by Crippen LogP contribution is 2.31. The van der Waals surface area contributed by atoms with E-state index in [1.54, 1.807) is 19.1 Å². The molecule has 0 saturated heterocycles. The van der Waals surface area contributed by atoms with Gasteiger partial charge in [-0.15, -0.1) is 0 Å². The average Bonchev–Trinajstić information content (AvgIpc) is 2.25. The summed E-state index contributed by atoms with van der Waals surface area (Å²) in [6, 6.07) is 5.53. The van der Waals surface area contributed by atoms with E-state index in [4.69, 9.17) is 5.73 Å². The zero-order chi connectivity index (χ0) is 13.9. The highest BCUT2D eigenvalue weighted by Gasteiger charge is 2.18. The predicted molar refractivity (Wildman–Crippen MR) is 73.5 cm³/mol. The highest BCUT2D eigenvalue weighted by molar-refractivity contribution is 5.91. The first-order valence-corrected chi connectivity index (χ1v) is 6.00. The highest BCUT2D eigenvalue weighted by atomic mass is 16.3. The van der Waals surface area contributed by atoms with E-state index in [2.05, 4.69) is 20.8 Å². The number of hydrogen-bond acceptors (Lipinski definition) is 2. The molecular weight excluding hydrogens is 226 g/mol. The maximum atomic E-state index is 10.9. The summed E-state index contributed by atoms with van der Waals surface area (Å²) in [5.41, 5.74) is 7.59. The fraction of sp³-hybridized carbons (Fsp3) is 0.400. The lowest BCUT2D eigenvalue weighted by Crippen LogP contribution is -2.12. The Morgan fingerprint density at radius 2 is 2.00 bits per heavy atom. The average molecular weight is 247 g/mol. The molecule has 1 amide bonds. The zero-order valence-corrected chi connectivity index (χ0v) is 11.4. The van der Waals surface area contributed by atoms with Crippen LogP contribution in [0.25, 0.3) is 0 Å². The minimum Gasteiger partial charge on any atom is -0.508 e. The molecule has 0 aromatic heterocycles. The smallest absolute Gasteiger partial charge is 0.244 e. The Bertz CT molecular complexity index is 482. The molecule has 0 heterocycles. The van der Waals surface area contributed by atoms with E-state index in [1.807, 2.05) is 12.1 Å². The molecule has 0 saturated carbocycles. The number of phenolic OH excluding ortho intramolecular Hbond substituents is 1. The van der Waals surface area contributed by atoms with E-state index < -0.39 is 5.91 Å². The number of carbonyl (C=O) groups excluding carboxylic acids is 1. The van der Waals surface area contributed by atoms with Crippen LogP contribution in [0.4, 0.5) is 0 Å². The molecule has 0 spiro atoms. The fourth-order valence-corrected chi connectivity index (χ4v) is 1.68. The Kier molecular flexibility index (Phi) is 4.17. The Morgan fingerprint density at radius 1 is 1.39 bits per heavy atom. The van der Waals surface area contributed by atoms with Gasteiger partial charge in [-0.1, -0.05) is 39.0 Å². The Balaban J connectivity index is 3.00. The quantitative estimate of drug-likeness (QED) is 0.806. The first-order valence-electron chi connectivity index (χ1n) is 6.00. The van der Waals surface area contributed by atoms with Gasteiger partial charge in [-0.2, -0.15) is 0 Å². The summed E-state index contributed by atoms with van der Waals surface area (Å²) in [6.07, 6.45) is 2.44. The van der Waals surface area contributed by atoms with Crippen LogP contribution < -0.4 is 5.73 Å². The number of amides is 1. The number of phenols is 1. The summed E-state index contributed by atoms with van der Waals surface area (Å²) >= 11 is 0. The van der Waals surface area contributed by atoms with Crippen molar-refractivity contribution in [2.24, 2.45) is 5.73 Å². The van der Waals surface area contributed by atoms with E-state index in [9.17, 15) is 9.90 Å². The van der Waals surface area contributed by atoms with Crippen LogP contribution in [0.15, 0.2) is 29.8 Å². The molecule has 0 unspecified atom stereocenters. The molecule has 3 N–H and O–H groups in total. The number of primary amides is 1. The van der Waals surface area contributed by atoms with Gasteiger partial charge in [0.05, 0.1) is 0 Å². The van der Waals surface area contributed by atoms with Crippen molar-refractivity contribution in [3.05, 3.63) is 41.0 Å². The number of benzene rings is 1. The lowest BCUT2D eigenvalue weighted by Gasteiger charge is -2.21. The maximum absolute atomic E-state index is 10.9. The molecular formula is C15H21NO2. The lowest BCUT2D eigenvalue weighted by molar-refractivity contribution is -0.114. The topological polar surface area (TPSA) is 63.3 Å². The summed E-state index contributed by atoms with van der Waals surface area (Å²) in [6.45, 7) is 7.86. The van der Waals surface area contributed by atoms with Crippen LogP contribution in [-0.4, -0.2) is 11.0 Å². The van der Waals surface area contributed by atoms with Crippen LogP contribution in [0.2, 0.25) is 0 Å². The molecule has 0 radical (unpaired) electrons. The van der Waals surface area contributed by atoms with Crippen molar-refractivity contribution in [1.29, 1.82) is 0 Å². The van der Waals surface area contributed by atoms with Crippen LogP contribution in [0, 0.1) is 0 Å². The molecule has 1 rings (SSSR count). The van der Waals surface area contributed by atoms with Crippen LogP contribution in [-0.2, 0) is 16.6 Å². The number of carbonyl (C=O) groups is 1. The summed E-state index contributed by atoms with van der Waals surface area (Å²) in [4.78, 5) is 10.9. The molecule has 18 heavy (non-hydrogen) atoms. The van der Waals surface area contributed by atoms with Gasteiger partial charge < -0.3 is 10.8 Å². The molecule has 0 aliphatic rings. The molecule has 3 heteroatoms. The fourth-order valence-electron chi connectivity index (χ4n) is 1.68. The van der Waals surface area contributed by atoms with Crippen molar-refractivity contribution in [2.45, 2.75) is 39.5 Å². The van der Waals surface area contributed by atoms with Crippen LogP contribution in [0.1, 0.15) is 38.8 Å². The molecule has 0 bridgehead atoms. The van der Waals surface area contributed by atoms with E-state index >= 15 is 0 Å². The number of allylic oxidation sites excluding steroid dienone is 1. The van der Waals surface area contributed by atoms with E-state index in [-0.39, 0.29) is 5.41 Å². The molecule has 0 atom stereocenters. The van der Waals surface area contributed by atoms with E-state index in [0.717, 1.165) is 11.1 Å². The standard InChI is InChI=1S/C15H21NO2/c1-10(14(16)18)5-6-11-7-8-13(17)12(9-11)15(2,3)4/h5,7-9,17H,6H2,1-4H3,(H2,16,18)/b10-5+. The van der Waals surface area contributed by atoms with Crippen LogP contribution in [0.5, 0.6) is 5.75 Å². The number of aromatic hydroxyl groups is 1. The zero-order valence-electron chi connectivity index (χ0n) is 11.4. The van der Waals surface area contributed by atoms with Crippen LogP contribution in [0.3, 0.4) is 0 Å². The van der Waals surface area contributed by atoms with Crippen molar-refractivity contribution < 1.29 is 9.90 Å². The second-order valence-electron chi connectivity index (χ2n) is 5.56. The van der Waals surface area contributed by atoms with Gasteiger partial charge >= 0.3 is 0 Å². The minimum absolute atomic E-state index is 0.109. The molecule has 1 aromatic carbocycles. The van der Waals surface area contributed by atoms with Gasteiger partial charge in [0.15, 0.2) is 0 Å². The van der Waals surface area contributed by atoms with Crippen LogP contribution >= 0.6 is 0 Å². The second kappa shape index (κ2) is 5.25. The van der Waals surface area contributed by atoms with Crippen molar-refractivity contribution >= 4 is 5.91 Å². The Morgan fingerprint density at radius 3 is 2.50 bits per heavy atom. The van der Waals surface area contributed by atoms with E-state index in [1.165, 1.54) is 0 Å². The molecule has 0 aliphatic carbocycles. The van der Waals surface area contributed by atoms with Crippen molar-refractivity contribution in [3.8, 4) is 5.75 Å². The number of hydrogen-bond donors (Lipinski definition) is 2. The van der Waals surface area contributed by atoms with Gasteiger partial charge in [0.2, 0.25) is 5.91 Å². The monoisotopic (exact) mass is 247 g/mol. The van der Waals surface area contributed by atoms with Gasteiger partial charge in [0.1, 0.15) is 5.75 Å². The largest absolute Gasteiger partial charge is 0.508 e. The third-order valence-corrected chi connectivity index (χ3v) is 2.90. The predicted octanol–water partition coefficient (Wildman–Crippen LogP) is 2.66. The van der Waals surface area contributed by atoms with Gasteiger partial charge in [-0.3, -0.25) is 4.79 Å². The number of nitrogens with two attached hydrogens (primary N) is 1. The van der Waals surface area contributed by atoms with Gasteiger partial charge in [0.25, 0.3) is 0 Å². The molecule has 0 fully saturated rings. The first-order chi connectivity index (χ1) is 8.21.